The van der Waals surface area contributed by atoms with Gasteiger partial charge in [0, 0.05) is 18.3 Å². The molecule has 0 aliphatic rings. The van der Waals surface area contributed by atoms with E-state index < -0.39 is 0 Å². The summed E-state index contributed by atoms with van der Waals surface area (Å²) >= 11 is 0. The minimum Gasteiger partial charge on any atom is -0.398 e. The fraction of sp³-hybridized carbons (Fsp3) is 0.400. The van der Waals surface area contributed by atoms with E-state index in [0.717, 1.165) is 22.6 Å². The lowest BCUT2D eigenvalue weighted by atomic mass is 10.1. The summed E-state index contributed by atoms with van der Waals surface area (Å²) in [6, 6.07) is 8.13. The Hall–Kier alpha value is -2.17. The number of nitrogens with two attached hydrogens (primary N) is 1. The zero-order chi connectivity index (χ0) is 14.7. The first-order valence-corrected chi connectivity index (χ1v) is 6.77. The van der Waals surface area contributed by atoms with Crippen molar-refractivity contribution < 1.29 is 0 Å². The maximum absolute atomic E-state index is 6.02. The van der Waals surface area contributed by atoms with Gasteiger partial charge in [-0.2, -0.15) is 5.10 Å². The highest BCUT2D eigenvalue weighted by Crippen LogP contribution is 2.19. The molecule has 0 aliphatic carbocycles. The van der Waals surface area contributed by atoms with Crippen molar-refractivity contribution in [1.82, 2.24) is 15.2 Å². The molecule has 0 radical (unpaired) electrons. The van der Waals surface area contributed by atoms with Crippen molar-refractivity contribution >= 4 is 11.6 Å². The molecule has 0 fully saturated rings. The van der Waals surface area contributed by atoms with E-state index in [2.05, 4.69) is 33.9 Å². The highest BCUT2D eigenvalue weighted by molar-refractivity contribution is 5.48. The van der Waals surface area contributed by atoms with Gasteiger partial charge in [0.1, 0.15) is 0 Å². The summed E-state index contributed by atoms with van der Waals surface area (Å²) in [6.45, 7) is 8.75. The second kappa shape index (κ2) is 5.86. The van der Waals surface area contributed by atoms with Crippen LogP contribution in [-0.4, -0.2) is 21.2 Å². The Kier molecular flexibility index (Phi) is 4.17. The van der Waals surface area contributed by atoms with Crippen LogP contribution < -0.4 is 10.6 Å². The van der Waals surface area contributed by atoms with Gasteiger partial charge in [0.05, 0.1) is 11.4 Å². The lowest BCUT2D eigenvalue weighted by Crippen LogP contribution is -2.32. The normalized spacial score (nSPS) is 10.8. The summed E-state index contributed by atoms with van der Waals surface area (Å²) < 4.78 is 0. The number of para-hydroxylation sites is 1. The van der Waals surface area contributed by atoms with Gasteiger partial charge in [0.15, 0.2) is 0 Å². The molecule has 0 unspecified atom stereocenters. The Morgan fingerprint density at radius 1 is 1.10 bits per heavy atom. The van der Waals surface area contributed by atoms with Gasteiger partial charge in [-0.25, -0.2) is 4.98 Å². The molecule has 2 aromatic rings. The lowest BCUT2D eigenvalue weighted by molar-refractivity contribution is 0.648. The van der Waals surface area contributed by atoms with E-state index in [1.807, 2.05) is 38.1 Å². The Morgan fingerprint density at radius 3 is 2.40 bits per heavy atom. The SMILES string of the molecule is Cc1nnc(N(Cc2ccccc2N)C(C)C)nc1C. The molecule has 0 saturated carbocycles. The van der Waals surface area contributed by atoms with Crippen molar-refractivity contribution in [2.24, 2.45) is 0 Å². The highest BCUT2D eigenvalue weighted by atomic mass is 15.3. The summed E-state index contributed by atoms with van der Waals surface area (Å²) in [5.74, 6) is 0.645. The number of aromatic nitrogens is 3. The van der Waals surface area contributed by atoms with Gasteiger partial charge >= 0.3 is 0 Å². The van der Waals surface area contributed by atoms with E-state index in [-0.39, 0.29) is 6.04 Å². The van der Waals surface area contributed by atoms with Gasteiger partial charge in [-0.05, 0) is 39.3 Å². The van der Waals surface area contributed by atoms with Gasteiger partial charge < -0.3 is 10.6 Å². The highest BCUT2D eigenvalue weighted by Gasteiger charge is 2.16. The van der Waals surface area contributed by atoms with Gasteiger partial charge in [0.25, 0.3) is 0 Å². The molecule has 5 nitrogen and oxygen atoms in total. The van der Waals surface area contributed by atoms with Crippen molar-refractivity contribution in [2.75, 3.05) is 10.6 Å². The minimum absolute atomic E-state index is 0.263. The number of anilines is 2. The zero-order valence-corrected chi connectivity index (χ0v) is 12.5. The number of hydrogen-bond acceptors (Lipinski definition) is 5. The fourth-order valence-corrected chi connectivity index (χ4v) is 1.91. The predicted octanol–water partition coefficient (Wildman–Crippen LogP) is 2.49. The van der Waals surface area contributed by atoms with E-state index >= 15 is 0 Å². The van der Waals surface area contributed by atoms with Crippen LogP contribution in [0.5, 0.6) is 0 Å². The van der Waals surface area contributed by atoms with Crippen LogP contribution in [0, 0.1) is 13.8 Å². The molecule has 2 N–H and O–H groups in total. The molecule has 0 saturated heterocycles. The van der Waals surface area contributed by atoms with Crippen LogP contribution in [0.25, 0.3) is 0 Å². The maximum atomic E-state index is 6.02. The number of aryl methyl sites for hydroxylation is 2. The number of benzene rings is 1. The molecule has 1 aromatic carbocycles. The molecule has 0 amide bonds. The van der Waals surface area contributed by atoms with Crippen molar-refractivity contribution in [3.05, 3.63) is 41.2 Å². The Morgan fingerprint density at radius 2 is 1.80 bits per heavy atom. The molecule has 0 aliphatic heterocycles. The molecule has 0 spiro atoms. The summed E-state index contributed by atoms with van der Waals surface area (Å²) in [5, 5.41) is 8.37. The number of nitrogens with zero attached hydrogens (tertiary/aromatic N) is 4. The largest absolute Gasteiger partial charge is 0.398 e. The zero-order valence-electron chi connectivity index (χ0n) is 12.5. The van der Waals surface area contributed by atoms with E-state index in [1.165, 1.54) is 0 Å². The molecular weight excluding hydrogens is 250 g/mol. The van der Waals surface area contributed by atoms with E-state index in [0.29, 0.717) is 12.5 Å². The summed E-state index contributed by atoms with van der Waals surface area (Å²) in [5.41, 5.74) is 9.64. The molecular formula is C15H21N5. The average Bonchev–Trinajstić information content (AvgIpc) is 2.41. The summed E-state index contributed by atoms with van der Waals surface area (Å²) in [6.07, 6.45) is 0. The van der Waals surface area contributed by atoms with E-state index in [1.54, 1.807) is 0 Å². The van der Waals surface area contributed by atoms with E-state index in [9.17, 15) is 0 Å². The first kappa shape index (κ1) is 14.2. The molecule has 0 bridgehead atoms. The first-order chi connectivity index (χ1) is 9.49. The number of nitrogen functional groups attached to an aromatic ring is 1. The quantitative estimate of drug-likeness (QED) is 0.865. The standard InChI is InChI=1S/C15H21N5/c1-10(2)20(9-13-7-5-6-8-14(13)16)15-17-11(3)12(4)18-19-15/h5-8,10H,9,16H2,1-4H3. The van der Waals surface area contributed by atoms with Gasteiger partial charge in [0.2, 0.25) is 5.95 Å². The minimum atomic E-state index is 0.263. The molecule has 1 aromatic heterocycles. The third-order valence-electron chi connectivity index (χ3n) is 3.36. The van der Waals surface area contributed by atoms with Gasteiger partial charge in [-0.3, -0.25) is 0 Å². The Balaban J connectivity index is 2.32. The number of rotatable bonds is 4. The second-order valence-electron chi connectivity index (χ2n) is 5.20. The third kappa shape index (κ3) is 3.04. The Bertz CT molecular complexity index is 595. The lowest BCUT2D eigenvalue weighted by Gasteiger charge is -2.27. The third-order valence-corrected chi connectivity index (χ3v) is 3.36. The smallest absolute Gasteiger partial charge is 0.246 e. The van der Waals surface area contributed by atoms with Crippen LogP contribution in [0.3, 0.4) is 0 Å². The van der Waals surface area contributed by atoms with E-state index in [4.69, 9.17) is 5.73 Å². The van der Waals surface area contributed by atoms with Crippen LogP contribution in [-0.2, 0) is 6.54 Å². The van der Waals surface area contributed by atoms with Crippen LogP contribution in [0.2, 0.25) is 0 Å². The molecule has 0 atom stereocenters. The Labute approximate surface area is 119 Å². The average molecular weight is 271 g/mol. The van der Waals surface area contributed by atoms with Gasteiger partial charge in [-0.15, -0.1) is 5.10 Å². The monoisotopic (exact) mass is 271 g/mol. The van der Waals surface area contributed by atoms with Crippen LogP contribution in [0.1, 0.15) is 30.8 Å². The second-order valence-corrected chi connectivity index (χ2v) is 5.20. The first-order valence-electron chi connectivity index (χ1n) is 6.77. The van der Waals surface area contributed by atoms with Crippen molar-refractivity contribution in [3.63, 3.8) is 0 Å². The maximum Gasteiger partial charge on any atom is 0.246 e. The topological polar surface area (TPSA) is 67.9 Å². The van der Waals surface area contributed by atoms with Crippen LogP contribution >= 0.6 is 0 Å². The summed E-state index contributed by atoms with van der Waals surface area (Å²) in [4.78, 5) is 6.63. The molecule has 20 heavy (non-hydrogen) atoms. The molecule has 2 rings (SSSR count). The predicted molar refractivity (Wildman–Crippen MR) is 81.5 cm³/mol. The van der Waals surface area contributed by atoms with Crippen molar-refractivity contribution in [2.45, 2.75) is 40.3 Å². The van der Waals surface area contributed by atoms with Crippen molar-refractivity contribution in [3.8, 4) is 0 Å². The molecule has 106 valence electrons. The van der Waals surface area contributed by atoms with Crippen molar-refractivity contribution in [1.29, 1.82) is 0 Å². The summed E-state index contributed by atoms with van der Waals surface area (Å²) in [7, 11) is 0. The number of hydrogen-bond donors (Lipinski definition) is 1. The van der Waals surface area contributed by atoms with Crippen LogP contribution in [0.15, 0.2) is 24.3 Å². The molecule has 1 heterocycles. The van der Waals surface area contributed by atoms with Gasteiger partial charge in [-0.1, -0.05) is 18.2 Å². The fourth-order valence-electron chi connectivity index (χ4n) is 1.91. The van der Waals surface area contributed by atoms with Crippen LogP contribution in [0.4, 0.5) is 11.6 Å². The molecule has 5 heteroatoms.